The summed E-state index contributed by atoms with van der Waals surface area (Å²) in [7, 11) is 2.17. The maximum atomic E-state index is 5.98. The van der Waals surface area contributed by atoms with Crippen LogP contribution in [0, 0.1) is 13.8 Å². The van der Waals surface area contributed by atoms with Gasteiger partial charge in [-0.05, 0) is 54.5 Å². The van der Waals surface area contributed by atoms with Crippen LogP contribution in [0.1, 0.15) is 50.6 Å². The van der Waals surface area contributed by atoms with E-state index < -0.39 is 0 Å². The van der Waals surface area contributed by atoms with E-state index in [1.54, 1.807) is 0 Å². The Labute approximate surface area is 116 Å². The van der Waals surface area contributed by atoms with Gasteiger partial charge in [-0.15, -0.1) is 0 Å². The fraction of sp³-hybridized carbons (Fsp3) is 0.800. The molecule has 1 aromatic rings. The summed E-state index contributed by atoms with van der Waals surface area (Å²) in [5.41, 5.74) is 2.20. The minimum Gasteiger partial charge on any atom is -0.373 e. The maximum absolute atomic E-state index is 5.98. The van der Waals surface area contributed by atoms with Gasteiger partial charge in [-0.1, -0.05) is 5.16 Å². The van der Waals surface area contributed by atoms with Gasteiger partial charge >= 0.3 is 0 Å². The number of aryl methyl sites for hydroxylation is 2. The summed E-state index contributed by atoms with van der Waals surface area (Å²) in [6, 6.07) is 0.612. The van der Waals surface area contributed by atoms with Crippen LogP contribution in [0.15, 0.2) is 4.52 Å². The Hall–Kier alpha value is -0.870. The zero-order valence-electron chi connectivity index (χ0n) is 13.0. The second-order valence-corrected chi connectivity index (χ2v) is 6.70. The van der Waals surface area contributed by atoms with Gasteiger partial charge in [0.1, 0.15) is 5.76 Å². The minimum absolute atomic E-state index is 0.0319. The molecule has 0 bridgehead atoms. The third-order valence-corrected chi connectivity index (χ3v) is 3.80. The van der Waals surface area contributed by atoms with Gasteiger partial charge < -0.3 is 9.26 Å². The van der Waals surface area contributed by atoms with Crippen LogP contribution in [0.4, 0.5) is 0 Å². The van der Waals surface area contributed by atoms with Crippen molar-refractivity contribution in [1.82, 2.24) is 10.1 Å². The van der Waals surface area contributed by atoms with Crippen LogP contribution in [-0.2, 0) is 11.3 Å². The molecule has 1 aromatic heterocycles. The first-order valence-electron chi connectivity index (χ1n) is 7.06. The van der Waals surface area contributed by atoms with Crippen LogP contribution in [0.2, 0.25) is 0 Å². The second kappa shape index (κ2) is 5.25. The fourth-order valence-corrected chi connectivity index (χ4v) is 2.60. The first-order chi connectivity index (χ1) is 8.76. The smallest absolute Gasteiger partial charge is 0.138 e. The lowest BCUT2D eigenvalue weighted by molar-refractivity contribution is -0.118. The maximum Gasteiger partial charge on any atom is 0.138 e. The first-order valence-corrected chi connectivity index (χ1v) is 7.06. The number of aromatic nitrogens is 1. The Kier molecular flexibility index (Phi) is 4.02. The fourth-order valence-electron chi connectivity index (χ4n) is 2.60. The van der Waals surface area contributed by atoms with Gasteiger partial charge in [0.25, 0.3) is 0 Å². The SMILES string of the molecule is Cc1noc(C)c1CN(C)C1CC(OC(C)(C)C)C1. The van der Waals surface area contributed by atoms with Gasteiger partial charge in [-0.3, -0.25) is 4.90 Å². The van der Waals surface area contributed by atoms with E-state index in [2.05, 4.69) is 37.9 Å². The molecule has 19 heavy (non-hydrogen) atoms. The lowest BCUT2D eigenvalue weighted by atomic mass is 9.87. The molecule has 108 valence electrons. The predicted octanol–water partition coefficient (Wildman–Crippen LogP) is 3.07. The van der Waals surface area contributed by atoms with Gasteiger partial charge in [-0.25, -0.2) is 0 Å². The quantitative estimate of drug-likeness (QED) is 0.839. The number of rotatable bonds is 4. The zero-order chi connectivity index (χ0) is 14.2. The first kappa shape index (κ1) is 14.5. The van der Waals surface area contributed by atoms with E-state index in [4.69, 9.17) is 9.26 Å². The molecule has 0 aliphatic heterocycles. The van der Waals surface area contributed by atoms with E-state index in [0.29, 0.717) is 12.1 Å². The number of hydrogen-bond acceptors (Lipinski definition) is 4. The standard InChI is InChI=1S/C15H26N2O2/c1-10-14(11(2)19-16-10)9-17(6)12-7-13(8-12)18-15(3,4)5/h12-13H,7-9H2,1-6H3. The number of nitrogens with zero attached hydrogens (tertiary/aromatic N) is 2. The van der Waals surface area contributed by atoms with Crippen LogP contribution in [0.25, 0.3) is 0 Å². The van der Waals surface area contributed by atoms with Crippen LogP contribution >= 0.6 is 0 Å². The van der Waals surface area contributed by atoms with E-state index in [1.165, 1.54) is 5.56 Å². The van der Waals surface area contributed by atoms with E-state index >= 15 is 0 Å². The van der Waals surface area contributed by atoms with E-state index in [-0.39, 0.29) is 5.60 Å². The molecule has 0 radical (unpaired) electrons. The largest absolute Gasteiger partial charge is 0.373 e. The highest BCUT2D eigenvalue weighted by atomic mass is 16.5. The molecule has 1 aliphatic carbocycles. The monoisotopic (exact) mass is 266 g/mol. The van der Waals surface area contributed by atoms with Gasteiger partial charge in [0.05, 0.1) is 17.4 Å². The predicted molar refractivity (Wildman–Crippen MR) is 75.1 cm³/mol. The summed E-state index contributed by atoms with van der Waals surface area (Å²) in [6.07, 6.45) is 2.66. The van der Waals surface area contributed by atoms with Gasteiger partial charge in [0, 0.05) is 18.2 Å². The van der Waals surface area contributed by atoms with E-state index in [9.17, 15) is 0 Å². The topological polar surface area (TPSA) is 38.5 Å². The van der Waals surface area contributed by atoms with Crippen molar-refractivity contribution in [2.24, 2.45) is 0 Å². The molecular formula is C15H26N2O2. The highest BCUT2D eigenvalue weighted by Gasteiger charge is 2.35. The highest BCUT2D eigenvalue weighted by Crippen LogP contribution is 2.32. The molecule has 1 heterocycles. The Morgan fingerprint density at radius 3 is 2.42 bits per heavy atom. The Balaban J connectivity index is 1.82. The number of hydrogen-bond donors (Lipinski definition) is 0. The van der Waals surface area contributed by atoms with Gasteiger partial charge in [0.2, 0.25) is 0 Å². The molecule has 1 saturated carbocycles. The average Bonchev–Trinajstić information content (AvgIpc) is 2.53. The number of ether oxygens (including phenoxy) is 1. The van der Waals surface area contributed by atoms with Crippen LogP contribution in [-0.4, -0.2) is 34.9 Å². The second-order valence-electron chi connectivity index (χ2n) is 6.70. The molecule has 2 rings (SSSR count). The summed E-state index contributed by atoms with van der Waals surface area (Å²) < 4.78 is 11.2. The molecule has 0 unspecified atom stereocenters. The zero-order valence-corrected chi connectivity index (χ0v) is 13.0. The van der Waals surface area contributed by atoms with Crippen LogP contribution in [0.3, 0.4) is 0 Å². The van der Waals surface area contributed by atoms with Crippen molar-refractivity contribution in [3.05, 3.63) is 17.0 Å². The van der Waals surface area contributed by atoms with Crippen molar-refractivity contribution in [1.29, 1.82) is 0 Å². The molecular weight excluding hydrogens is 240 g/mol. The van der Waals surface area contributed by atoms with Crippen molar-refractivity contribution >= 4 is 0 Å². The summed E-state index contributed by atoms with van der Waals surface area (Å²) in [5, 5.41) is 4.01. The van der Waals surface area contributed by atoms with Crippen molar-refractivity contribution in [2.45, 2.75) is 71.8 Å². The van der Waals surface area contributed by atoms with Gasteiger partial charge in [-0.2, -0.15) is 0 Å². The van der Waals surface area contributed by atoms with Gasteiger partial charge in [0.15, 0.2) is 0 Å². The summed E-state index contributed by atoms with van der Waals surface area (Å²) in [4.78, 5) is 2.38. The summed E-state index contributed by atoms with van der Waals surface area (Å²) in [6.45, 7) is 11.3. The summed E-state index contributed by atoms with van der Waals surface area (Å²) >= 11 is 0. The lowest BCUT2D eigenvalue weighted by Crippen LogP contribution is -2.48. The highest BCUT2D eigenvalue weighted by molar-refractivity contribution is 5.20. The van der Waals surface area contributed by atoms with E-state index in [0.717, 1.165) is 30.8 Å². The van der Waals surface area contributed by atoms with Crippen molar-refractivity contribution in [3.63, 3.8) is 0 Å². The molecule has 1 fully saturated rings. The van der Waals surface area contributed by atoms with Crippen molar-refractivity contribution in [2.75, 3.05) is 7.05 Å². The average molecular weight is 266 g/mol. The van der Waals surface area contributed by atoms with E-state index in [1.807, 2.05) is 13.8 Å². The molecule has 0 N–H and O–H groups in total. The molecule has 0 aromatic carbocycles. The molecule has 0 atom stereocenters. The molecule has 0 saturated heterocycles. The molecule has 1 aliphatic rings. The third kappa shape index (κ3) is 3.57. The minimum atomic E-state index is -0.0319. The Morgan fingerprint density at radius 2 is 1.95 bits per heavy atom. The Morgan fingerprint density at radius 1 is 1.32 bits per heavy atom. The normalized spacial score (nSPS) is 23.7. The molecule has 4 nitrogen and oxygen atoms in total. The molecule has 0 amide bonds. The molecule has 0 spiro atoms. The summed E-state index contributed by atoms with van der Waals surface area (Å²) in [5.74, 6) is 0.936. The van der Waals surface area contributed by atoms with Crippen molar-refractivity contribution in [3.8, 4) is 0 Å². The molecule has 4 heteroatoms. The van der Waals surface area contributed by atoms with Crippen molar-refractivity contribution < 1.29 is 9.26 Å². The van der Waals surface area contributed by atoms with Crippen LogP contribution in [0.5, 0.6) is 0 Å². The third-order valence-electron chi connectivity index (χ3n) is 3.80. The Bertz CT molecular complexity index is 408. The van der Waals surface area contributed by atoms with Crippen LogP contribution < -0.4 is 0 Å². The lowest BCUT2D eigenvalue weighted by Gasteiger charge is -2.43.